The van der Waals surface area contributed by atoms with E-state index in [0.29, 0.717) is 5.69 Å². The van der Waals surface area contributed by atoms with Gasteiger partial charge in [-0.25, -0.2) is 9.07 Å². The van der Waals surface area contributed by atoms with E-state index in [2.05, 4.69) is 10.3 Å². The van der Waals surface area contributed by atoms with Crippen LogP contribution in [0.1, 0.15) is 18.6 Å². The summed E-state index contributed by atoms with van der Waals surface area (Å²) >= 11 is 0. The molecule has 3 rings (SSSR count). The second kappa shape index (κ2) is 4.44. The molecule has 19 heavy (non-hydrogen) atoms. The molecule has 0 saturated carbocycles. The van der Waals surface area contributed by atoms with Crippen LogP contribution in [0.25, 0.3) is 16.7 Å². The topological polar surface area (TPSA) is 50.9 Å². The highest BCUT2D eigenvalue weighted by atomic mass is 19.1. The Kier molecular flexibility index (Phi) is 2.76. The fourth-order valence-corrected chi connectivity index (χ4v) is 2.17. The molecule has 0 aliphatic heterocycles. The van der Waals surface area contributed by atoms with Gasteiger partial charge in [-0.1, -0.05) is 23.4 Å². The number of para-hydroxylation sites is 1. The van der Waals surface area contributed by atoms with Crippen LogP contribution in [0.4, 0.5) is 4.39 Å². The maximum absolute atomic E-state index is 13.9. The zero-order valence-corrected chi connectivity index (χ0v) is 10.3. The Morgan fingerprint density at radius 1 is 1.16 bits per heavy atom. The summed E-state index contributed by atoms with van der Waals surface area (Å²) in [6.45, 7) is 1.53. The molecule has 2 aromatic carbocycles. The molecule has 96 valence electrons. The summed E-state index contributed by atoms with van der Waals surface area (Å²) < 4.78 is 15.4. The van der Waals surface area contributed by atoms with Gasteiger partial charge in [-0.2, -0.15) is 0 Å². The maximum Gasteiger partial charge on any atom is 0.131 e. The van der Waals surface area contributed by atoms with Crippen molar-refractivity contribution in [3.63, 3.8) is 0 Å². The highest BCUT2D eigenvalue weighted by Gasteiger charge is 2.17. The summed E-state index contributed by atoms with van der Waals surface area (Å²) in [7, 11) is 0. The minimum Gasteiger partial charge on any atom is -0.389 e. The van der Waals surface area contributed by atoms with Gasteiger partial charge in [-0.15, -0.1) is 5.10 Å². The fraction of sp³-hybridized carbons (Fsp3) is 0.143. The van der Waals surface area contributed by atoms with Crippen molar-refractivity contribution in [2.24, 2.45) is 0 Å². The predicted molar refractivity (Wildman–Crippen MR) is 69.5 cm³/mol. The molecule has 0 spiro atoms. The number of hydrogen-bond acceptors (Lipinski definition) is 3. The number of aromatic nitrogens is 3. The van der Waals surface area contributed by atoms with Crippen LogP contribution in [0.3, 0.4) is 0 Å². The van der Waals surface area contributed by atoms with Gasteiger partial charge in [0.2, 0.25) is 0 Å². The van der Waals surface area contributed by atoms with Crippen molar-refractivity contribution < 1.29 is 9.50 Å². The van der Waals surface area contributed by atoms with Gasteiger partial charge in [-0.3, -0.25) is 0 Å². The van der Waals surface area contributed by atoms with Crippen LogP contribution in [0.5, 0.6) is 0 Å². The van der Waals surface area contributed by atoms with Crippen molar-refractivity contribution in [3.05, 3.63) is 53.8 Å². The lowest BCUT2D eigenvalue weighted by molar-refractivity contribution is 0.194. The molecular formula is C14H12FN3O. The molecular weight excluding hydrogens is 245 g/mol. The van der Waals surface area contributed by atoms with Gasteiger partial charge < -0.3 is 5.11 Å². The Bertz CT molecular complexity index is 736. The Morgan fingerprint density at radius 3 is 2.74 bits per heavy atom. The zero-order valence-electron chi connectivity index (χ0n) is 10.3. The number of hydrogen-bond donors (Lipinski definition) is 1. The van der Waals surface area contributed by atoms with Crippen molar-refractivity contribution >= 4 is 11.0 Å². The van der Waals surface area contributed by atoms with E-state index in [1.165, 1.54) is 13.0 Å². The van der Waals surface area contributed by atoms with E-state index in [1.54, 1.807) is 16.8 Å². The summed E-state index contributed by atoms with van der Waals surface area (Å²) in [5, 5.41) is 17.8. The molecule has 3 aromatic rings. The van der Waals surface area contributed by atoms with Crippen molar-refractivity contribution in [2.75, 3.05) is 0 Å². The van der Waals surface area contributed by atoms with Gasteiger partial charge in [0.15, 0.2) is 0 Å². The SMILES string of the molecule is CC(O)c1c(F)cccc1-n1nnc2ccccc21. The highest BCUT2D eigenvalue weighted by Crippen LogP contribution is 2.26. The van der Waals surface area contributed by atoms with Crippen LogP contribution < -0.4 is 0 Å². The molecule has 0 aliphatic carbocycles. The lowest BCUT2D eigenvalue weighted by atomic mass is 10.1. The molecule has 0 saturated heterocycles. The number of halogens is 1. The molecule has 1 aromatic heterocycles. The molecule has 5 heteroatoms. The molecule has 0 radical (unpaired) electrons. The summed E-state index contributed by atoms with van der Waals surface area (Å²) in [4.78, 5) is 0. The maximum atomic E-state index is 13.9. The summed E-state index contributed by atoms with van der Waals surface area (Å²) in [5.41, 5.74) is 2.22. The number of benzene rings is 2. The lowest BCUT2D eigenvalue weighted by Gasteiger charge is -2.13. The summed E-state index contributed by atoms with van der Waals surface area (Å²) in [5.74, 6) is -0.452. The van der Waals surface area contributed by atoms with E-state index in [4.69, 9.17) is 0 Å². The van der Waals surface area contributed by atoms with E-state index < -0.39 is 11.9 Å². The van der Waals surface area contributed by atoms with Crippen molar-refractivity contribution in [1.29, 1.82) is 0 Å². The second-order valence-corrected chi connectivity index (χ2v) is 4.34. The van der Waals surface area contributed by atoms with Crippen LogP contribution in [-0.4, -0.2) is 20.1 Å². The van der Waals surface area contributed by atoms with Crippen LogP contribution >= 0.6 is 0 Å². The van der Waals surface area contributed by atoms with Crippen LogP contribution in [0, 0.1) is 5.82 Å². The molecule has 0 amide bonds. The molecule has 1 atom stereocenters. The largest absolute Gasteiger partial charge is 0.389 e. The number of aliphatic hydroxyl groups excluding tert-OH is 1. The minimum absolute atomic E-state index is 0.221. The van der Waals surface area contributed by atoms with Crippen LogP contribution in [0.2, 0.25) is 0 Å². The molecule has 1 N–H and O–H groups in total. The fourth-order valence-electron chi connectivity index (χ4n) is 2.17. The zero-order chi connectivity index (χ0) is 13.4. The standard InChI is InChI=1S/C14H12FN3O/c1-9(19)14-10(15)5-4-8-13(14)18-12-7-3-2-6-11(12)16-17-18/h2-9,19H,1H3. The average molecular weight is 257 g/mol. The van der Waals surface area contributed by atoms with E-state index in [-0.39, 0.29) is 5.56 Å². The third-order valence-corrected chi connectivity index (χ3v) is 3.03. The highest BCUT2D eigenvalue weighted by molar-refractivity contribution is 5.76. The monoisotopic (exact) mass is 257 g/mol. The third-order valence-electron chi connectivity index (χ3n) is 3.03. The second-order valence-electron chi connectivity index (χ2n) is 4.34. The van der Waals surface area contributed by atoms with Crippen molar-refractivity contribution in [2.45, 2.75) is 13.0 Å². The predicted octanol–water partition coefficient (Wildman–Crippen LogP) is 2.61. The molecule has 0 fully saturated rings. The van der Waals surface area contributed by atoms with Crippen LogP contribution in [-0.2, 0) is 0 Å². The van der Waals surface area contributed by atoms with Gasteiger partial charge in [-0.05, 0) is 31.2 Å². The number of nitrogens with zero attached hydrogens (tertiary/aromatic N) is 3. The van der Waals surface area contributed by atoms with Gasteiger partial charge in [0.25, 0.3) is 0 Å². The summed E-state index contributed by atoms with van der Waals surface area (Å²) in [6, 6.07) is 12.0. The van der Waals surface area contributed by atoms with E-state index in [9.17, 15) is 9.50 Å². The van der Waals surface area contributed by atoms with Crippen molar-refractivity contribution in [3.8, 4) is 5.69 Å². The first-order valence-electron chi connectivity index (χ1n) is 5.96. The van der Waals surface area contributed by atoms with E-state index in [0.717, 1.165) is 11.0 Å². The first-order valence-corrected chi connectivity index (χ1v) is 5.96. The first-order chi connectivity index (χ1) is 9.18. The number of fused-ring (bicyclic) bond motifs is 1. The van der Waals surface area contributed by atoms with Gasteiger partial charge in [0, 0.05) is 5.56 Å². The number of rotatable bonds is 2. The normalized spacial score (nSPS) is 12.8. The molecule has 0 bridgehead atoms. The Morgan fingerprint density at radius 2 is 1.95 bits per heavy atom. The Balaban J connectivity index is 2.30. The third kappa shape index (κ3) is 1.88. The van der Waals surface area contributed by atoms with Gasteiger partial charge in [0.1, 0.15) is 11.3 Å². The molecule has 1 heterocycles. The van der Waals surface area contributed by atoms with E-state index in [1.807, 2.05) is 24.3 Å². The first kappa shape index (κ1) is 11.8. The van der Waals surface area contributed by atoms with Crippen LogP contribution in [0.15, 0.2) is 42.5 Å². The van der Waals surface area contributed by atoms with Gasteiger partial charge in [0.05, 0.1) is 17.3 Å². The van der Waals surface area contributed by atoms with Gasteiger partial charge >= 0.3 is 0 Å². The lowest BCUT2D eigenvalue weighted by Crippen LogP contribution is -2.06. The van der Waals surface area contributed by atoms with E-state index >= 15 is 0 Å². The Labute approximate surface area is 109 Å². The Hall–Kier alpha value is -2.27. The van der Waals surface area contributed by atoms with Crippen molar-refractivity contribution in [1.82, 2.24) is 15.0 Å². The quantitative estimate of drug-likeness (QED) is 0.767. The smallest absolute Gasteiger partial charge is 0.131 e. The molecule has 4 nitrogen and oxygen atoms in total. The average Bonchev–Trinajstić information content (AvgIpc) is 2.81. The number of aliphatic hydroxyl groups is 1. The molecule has 0 aliphatic rings. The minimum atomic E-state index is -0.917. The summed E-state index contributed by atoms with van der Waals surface area (Å²) in [6.07, 6.45) is -0.917. The molecule has 1 unspecified atom stereocenters.